The number of aryl methyl sites for hydroxylation is 1. The highest BCUT2D eigenvalue weighted by Gasteiger charge is 2.34. The molecule has 212 valence electrons. The van der Waals surface area contributed by atoms with Gasteiger partial charge in [-0.2, -0.15) is 0 Å². The SMILES string of the molecule is CCOC(=O)C1=C(C)N=c2s/c(=C/c3cc(C)n(-c4ccc(F)cc4)c3C)c(=O)n2[C@@H]1c1ccc(OC)c(OC)c1. The van der Waals surface area contributed by atoms with Crippen LogP contribution in [0.2, 0.25) is 0 Å². The van der Waals surface area contributed by atoms with E-state index in [1.165, 1.54) is 35.1 Å². The van der Waals surface area contributed by atoms with Gasteiger partial charge in [0.1, 0.15) is 5.82 Å². The summed E-state index contributed by atoms with van der Waals surface area (Å²) < 4.78 is 33.8. The fourth-order valence-electron chi connectivity index (χ4n) is 5.19. The zero-order chi connectivity index (χ0) is 29.4. The zero-order valence-corrected chi connectivity index (χ0v) is 24.5. The van der Waals surface area contributed by atoms with Crippen molar-refractivity contribution in [1.82, 2.24) is 9.13 Å². The second-order valence-electron chi connectivity index (χ2n) is 9.55. The Bertz CT molecular complexity index is 1860. The molecule has 4 aromatic rings. The first-order valence-electron chi connectivity index (χ1n) is 13.0. The molecule has 8 nitrogen and oxygen atoms in total. The predicted molar refractivity (Wildman–Crippen MR) is 155 cm³/mol. The molecular weight excluding hydrogens is 545 g/mol. The van der Waals surface area contributed by atoms with E-state index in [4.69, 9.17) is 14.2 Å². The van der Waals surface area contributed by atoms with Gasteiger partial charge >= 0.3 is 5.97 Å². The molecule has 0 unspecified atom stereocenters. The third-order valence-corrected chi connectivity index (χ3v) is 8.07. The Labute approximate surface area is 240 Å². The first-order valence-corrected chi connectivity index (χ1v) is 13.9. The number of esters is 1. The van der Waals surface area contributed by atoms with Crippen LogP contribution in [0, 0.1) is 19.7 Å². The number of methoxy groups -OCH3 is 2. The smallest absolute Gasteiger partial charge is 0.338 e. The molecule has 0 fully saturated rings. The Morgan fingerprint density at radius 1 is 1.05 bits per heavy atom. The van der Waals surface area contributed by atoms with Crippen molar-refractivity contribution < 1.29 is 23.4 Å². The van der Waals surface area contributed by atoms with Crippen molar-refractivity contribution in [2.24, 2.45) is 4.99 Å². The van der Waals surface area contributed by atoms with E-state index < -0.39 is 12.0 Å². The third-order valence-electron chi connectivity index (χ3n) is 7.08. The van der Waals surface area contributed by atoms with Crippen molar-refractivity contribution in [3.63, 3.8) is 0 Å². The number of carbonyl (C=O) groups is 1. The first-order chi connectivity index (χ1) is 19.7. The van der Waals surface area contributed by atoms with Crippen LogP contribution in [0.15, 0.2) is 69.6 Å². The van der Waals surface area contributed by atoms with Gasteiger partial charge in [-0.3, -0.25) is 9.36 Å². The molecule has 0 amide bonds. The topological polar surface area (TPSA) is 84.1 Å². The van der Waals surface area contributed by atoms with Crippen LogP contribution >= 0.6 is 11.3 Å². The van der Waals surface area contributed by atoms with E-state index in [1.807, 2.05) is 30.6 Å². The number of rotatable bonds is 7. The number of benzene rings is 2. The summed E-state index contributed by atoms with van der Waals surface area (Å²) in [5.41, 5.74) is 4.65. The highest BCUT2D eigenvalue weighted by molar-refractivity contribution is 7.07. The average molecular weight is 576 g/mol. The summed E-state index contributed by atoms with van der Waals surface area (Å²) in [6, 6.07) is 12.8. The van der Waals surface area contributed by atoms with Gasteiger partial charge in [-0.05, 0) is 87.4 Å². The number of ether oxygens (including phenoxy) is 3. The summed E-state index contributed by atoms with van der Waals surface area (Å²) in [7, 11) is 3.07. The lowest BCUT2D eigenvalue weighted by molar-refractivity contribution is -0.139. The van der Waals surface area contributed by atoms with E-state index in [1.54, 1.807) is 51.3 Å². The molecular formula is C31H30FN3O5S. The van der Waals surface area contributed by atoms with Crippen molar-refractivity contribution in [2.75, 3.05) is 20.8 Å². The monoisotopic (exact) mass is 575 g/mol. The van der Waals surface area contributed by atoms with E-state index in [2.05, 4.69) is 4.99 Å². The second kappa shape index (κ2) is 11.2. The predicted octanol–water partition coefficient (Wildman–Crippen LogP) is 4.36. The van der Waals surface area contributed by atoms with Gasteiger partial charge in [-0.1, -0.05) is 17.4 Å². The van der Waals surface area contributed by atoms with Gasteiger partial charge in [-0.25, -0.2) is 14.2 Å². The van der Waals surface area contributed by atoms with Gasteiger partial charge in [0, 0.05) is 17.1 Å². The first kappa shape index (κ1) is 28.1. The van der Waals surface area contributed by atoms with Gasteiger partial charge in [0.05, 0.1) is 42.7 Å². The van der Waals surface area contributed by atoms with Crippen molar-refractivity contribution in [2.45, 2.75) is 33.7 Å². The van der Waals surface area contributed by atoms with Gasteiger partial charge in [0.2, 0.25) is 0 Å². The molecule has 0 spiro atoms. The van der Waals surface area contributed by atoms with Crippen LogP contribution in [0.4, 0.5) is 4.39 Å². The van der Waals surface area contributed by atoms with Crippen LogP contribution < -0.4 is 24.4 Å². The van der Waals surface area contributed by atoms with Gasteiger partial charge in [0.25, 0.3) is 5.56 Å². The quantitative estimate of drug-likeness (QED) is 0.306. The number of fused-ring (bicyclic) bond motifs is 1. The fraction of sp³-hybridized carbons (Fsp3) is 0.258. The van der Waals surface area contributed by atoms with Crippen molar-refractivity contribution in [1.29, 1.82) is 0 Å². The van der Waals surface area contributed by atoms with Crippen LogP contribution in [0.5, 0.6) is 11.5 Å². The highest BCUT2D eigenvalue weighted by Crippen LogP contribution is 2.36. The lowest BCUT2D eigenvalue weighted by Crippen LogP contribution is -2.40. The van der Waals surface area contributed by atoms with Crippen LogP contribution in [-0.2, 0) is 9.53 Å². The number of hydrogen-bond acceptors (Lipinski definition) is 7. The molecule has 2 aromatic heterocycles. The molecule has 5 rings (SSSR count). The Kier molecular flexibility index (Phi) is 7.68. The zero-order valence-electron chi connectivity index (χ0n) is 23.6. The Morgan fingerprint density at radius 3 is 2.41 bits per heavy atom. The normalized spacial score (nSPS) is 15.0. The maximum atomic E-state index is 14.0. The lowest BCUT2D eigenvalue weighted by Gasteiger charge is -2.25. The summed E-state index contributed by atoms with van der Waals surface area (Å²) >= 11 is 1.25. The molecule has 0 saturated heterocycles. The van der Waals surface area contributed by atoms with Crippen molar-refractivity contribution in [3.8, 4) is 17.2 Å². The number of aromatic nitrogens is 2. The van der Waals surface area contributed by atoms with Crippen LogP contribution in [-0.4, -0.2) is 35.9 Å². The van der Waals surface area contributed by atoms with Gasteiger partial charge in [0.15, 0.2) is 16.3 Å². The summed E-state index contributed by atoms with van der Waals surface area (Å²) in [6.45, 7) is 7.57. The van der Waals surface area contributed by atoms with E-state index in [-0.39, 0.29) is 23.6 Å². The highest BCUT2D eigenvalue weighted by atomic mass is 32.1. The molecule has 0 radical (unpaired) electrons. The minimum atomic E-state index is -0.779. The molecule has 1 aliphatic rings. The largest absolute Gasteiger partial charge is 0.493 e. The minimum absolute atomic E-state index is 0.183. The molecule has 3 heterocycles. The molecule has 1 atom stereocenters. The van der Waals surface area contributed by atoms with Crippen LogP contribution in [0.3, 0.4) is 0 Å². The van der Waals surface area contributed by atoms with Crippen molar-refractivity contribution in [3.05, 3.63) is 108 Å². The molecule has 1 aliphatic heterocycles. The average Bonchev–Trinajstić information content (AvgIpc) is 3.41. The van der Waals surface area contributed by atoms with Crippen LogP contribution in [0.25, 0.3) is 11.8 Å². The Hall–Kier alpha value is -4.44. The van der Waals surface area contributed by atoms with E-state index >= 15 is 0 Å². The van der Waals surface area contributed by atoms with Gasteiger partial charge in [-0.15, -0.1) is 0 Å². The third kappa shape index (κ3) is 4.99. The Balaban J connectivity index is 1.70. The number of hydrogen-bond donors (Lipinski definition) is 0. The number of thiazole rings is 1. The molecule has 2 aromatic carbocycles. The minimum Gasteiger partial charge on any atom is -0.493 e. The number of nitrogens with zero attached hydrogens (tertiary/aromatic N) is 3. The maximum absolute atomic E-state index is 14.0. The standard InChI is InChI=1S/C31H30FN3O5S/c1-7-40-30(37)27-18(3)33-31-35(28(27)20-8-13-24(38-5)25(15-20)39-6)29(36)26(41-31)16-21-14-17(2)34(19(21)4)23-11-9-22(32)10-12-23/h8-16,28H,7H2,1-6H3/b26-16+/t28-/m1/s1. The molecule has 0 bridgehead atoms. The second-order valence-corrected chi connectivity index (χ2v) is 10.6. The summed E-state index contributed by atoms with van der Waals surface area (Å²) in [5, 5.41) is 0. The van der Waals surface area contributed by atoms with Crippen LogP contribution in [0.1, 0.15) is 42.4 Å². The molecule has 41 heavy (non-hydrogen) atoms. The number of halogens is 1. The lowest BCUT2D eigenvalue weighted by atomic mass is 9.95. The number of carbonyl (C=O) groups excluding carboxylic acids is 1. The summed E-state index contributed by atoms with van der Waals surface area (Å²) in [5.74, 6) is 0.154. The molecule has 0 aliphatic carbocycles. The maximum Gasteiger partial charge on any atom is 0.338 e. The van der Waals surface area contributed by atoms with Gasteiger partial charge < -0.3 is 18.8 Å². The van der Waals surface area contributed by atoms with E-state index in [0.717, 1.165) is 22.6 Å². The molecule has 10 heteroatoms. The summed E-state index contributed by atoms with van der Waals surface area (Å²) in [6.07, 6.45) is 1.83. The van der Waals surface area contributed by atoms with E-state index in [9.17, 15) is 14.0 Å². The molecule has 0 saturated carbocycles. The van der Waals surface area contributed by atoms with Crippen molar-refractivity contribution >= 4 is 23.4 Å². The molecule has 0 N–H and O–H groups in total. The summed E-state index contributed by atoms with van der Waals surface area (Å²) in [4.78, 5) is 32.3. The Morgan fingerprint density at radius 2 is 1.76 bits per heavy atom. The number of allylic oxidation sites excluding steroid dienone is 1. The van der Waals surface area contributed by atoms with E-state index in [0.29, 0.717) is 32.1 Å². The fourth-order valence-corrected chi connectivity index (χ4v) is 6.23.